The fourth-order valence-electron chi connectivity index (χ4n) is 4.49. The van der Waals surface area contributed by atoms with E-state index in [-0.39, 0.29) is 5.91 Å². The predicted octanol–water partition coefficient (Wildman–Crippen LogP) is 5.62. The van der Waals surface area contributed by atoms with Crippen molar-refractivity contribution in [1.29, 1.82) is 0 Å². The van der Waals surface area contributed by atoms with Crippen LogP contribution in [0.3, 0.4) is 0 Å². The summed E-state index contributed by atoms with van der Waals surface area (Å²) in [5, 5.41) is 4.24. The number of anilines is 2. The van der Waals surface area contributed by atoms with Gasteiger partial charge in [0.25, 0.3) is 5.91 Å². The molecular formula is C27H34N4O. The summed E-state index contributed by atoms with van der Waals surface area (Å²) < 4.78 is 0. The molecule has 0 spiro atoms. The third kappa shape index (κ3) is 4.89. The Balaban J connectivity index is 1.56. The smallest absolute Gasteiger partial charge is 0.257 e. The zero-order valence-electron chi connectivity index (χ0n) is 19.8. The number of fused-ring (bicyclic) bond motifs is 1. The van der Waals surface area contributed by atoms with E-state index in [0.717, 1.165) is 48.3 Å². The Hall–Kier alpha value is -3.05. The summed E-state index contributed by atoms with van der Waals surface area (Å²) in [6.45, 7) is 10.0. The highest BCUT2D eigenvalue weighted by Crippen LogP contribution is 2.32. The number of hydrogen-bond acceptors (Lipinski definition) is 3. The lowest BCUT2D eigenvalue weighted by atomic mass is 9.93. The number of nitrogens with one attached hydrogen (secondary N) is 2. The standard InChI is InChI=1S/C27H34N4O/c1-27(2,3)18-31-14-12-19(13-15-31)23-17-28-24-11-10-20(16-22(23)24)29-26(32)21-8-6-7-9-25(21)30(4)5/h6-12,16-17,28H,13-15,18H2,1-5H3,(H,29,32). The average Bonchev–Trinajstić information content (AvgIpc) is 3.16. The third-order valence-electron chi connectivity index (χ3n) is 5.91. The first-order chi connectivity index (χ1) is 15.2. The SMILES string of the molecule is CN(C)c1ccccc1C(=O)Nc1ccc2[nH]cc(C3=CCN(CC(C)(C)C)CC3)c2c1. The Kier molecular flexibility index (Phi) is 6.11. The maximum atomic E-state index is 13.0. The first kappa shape index (κ1) is 22.2. The van der Waals surface area contributed by atoms with E-state index in [1.54, 1.807) is 0 Å². The van der Waals surface area contributed by atoms with E-state index in [9.17, 15) is 4.79 Å². The number of benzene rings is 2. The molecule has 2 N–H and O–H groups in total. The van der Waals surface area contributed by atoms with Gasteiger partial charge in [-0.2, -0.15) is 0 Å². The minimum Gasteiger partial charge on any atom is -0.377 e. The molecular weight excluding hydrogens is 396 g/mol. The van der Waals surface area contributed by atoms with Crippen LogP contribution in [0.2, 0.25) is 0 Å². The van der Waals surface area contributed by atoms with Crippen molar-refractivity contribution in [3.8, 4) is 0 Å². The number of amides is 1. The van der Waals surface area contributed by atoms with Gasteiger partial charge in [-0.1, -0.05) is 39.0 Å². The second-order valence-electron chi connectivity index (χ2n) is 10.1. The van der Waals surface area contributed by atoms with E-state index in [0.29, 0.717) is 11.0 Å². The van der Waals surface area contributed by atoms with Crippen LogP contribution < -0.4 is 10.2 Å². The van der Waals surface area contributed by atoms with Gasteiger partial charge in [0, 0.05) is 67.8 Å². The lowest BCUT2D eigenvalue weighted by Gasteiger charge is -2.32. The molecule has 3 aromatic rings. The average molecular weight is 431 g/mol. The summed E-state index contributed by atoms with van der Waals surface area (Å²) >= 11 is 0. The first-order valence-corrected chi connectivity index (χ1v) is 11.3. The van der Waals surface area contributed by atoms with Crippen LogP contribution in [0.5, 0.6) is 0 Å². The number of hydrogen-bond donors (Lipinski definition) is 2. The Bertz CT molecular complexity index is 1150. The molecule has 0 aliphatic carbocycles. The maximum absolute atomic E-state index is 13.0. The van der Waals surface area contributed by atoms with Gasteiger partial charge >= 0.3 is 0 Å². The molecule has 0 unspecified atom stereocenters. The normalized spacial score (nSPS) is 15.0. The highest BCUT2D eigenvalue weighted by atomic mass is 16.1. The lowest BCUT2D eigenvalue weighted by molar-refractivity contribution is 0.102. The minimum atomic E-state index is -0.0968. The highest BCUT2D eigenvalue weighted by Gasteiger charge is 2.20. The van der Waals surface area contributed by atoms with Crippen LogP contribution in [-0.4, -0.2) is 49.5 Å². The molecule has 4 rings (SSSR count). The minimum absolute atomic E-state index is 0.0968. The van der Waals surface area contributed by atoms with Gasteiger partial charge in [0.2, 0.25) is 0 Å². The molecule has 1 aromatic heterocycles. The Morgan fingerprint density at radius 1 is 1.16 bits per heavy atom. The van der Waals surface area contributed by atoms with Gasteiger partial charge in [0.1, 0.15) is 0 Å². The topological polar surface area (TPSA) is 51.4 Å². The molecule has 0 fully saturated rings. The Labute approximate surface area is 191 Å². The van der Waals surface area contributed by atoms with Crippen molar-refractivity contribution in [1.82, 2.24) is 9.88 Å². The third-order valence-corrected chi connectivity index (χ3v) is 5.91. The molecule has 1 aliphatic heterocycles. The number of para-hydroxylation sites is 1. The zero-order chi connectivity index (χ0) is 22.9. The Morgan fingerprint density at radius 2 is 1.94 bits per heavy atom. The van der Waals surface area contributed by atoms with Crippen molar-refractivity contribution in [3.63, 3.8) is 0 Å². The molecule has 0 radical (unpaired) electrons. The van der Waals surface area contributed by atoms with Crippen LogP contribution in [0, 0.1) is 5.41 Å². The van der Waals surface area contributed by atoms with Crippen molar-refractivity contribution < 1.29 is 4.79 Å². The molecule has 5 heteroatoms. The van der Waals surface area contributed by atoms with Crippen LogP contribution in [0.4, 0.5) is 11.4 Å². The summed E-state index contributed by atoms with van der Waals surface area (Å²) in [7, 11) is 3.90. The summed E-state index contributed by atoms with van der Waals surface area (Å²) in [5.41, 5.74) is 6.39. The zero-order valence-corrected chi connectivity index (χ0v) is 19.8. The van der Waals surface area contributed by atoms with Gasteiger partial charge in [-0.05, 0) is 47.7 Å². The highest BCUT2D eigenvalue weighted by molar-refractivity contribution is 6.09. The van der Waals surface area contributed by atoms with Gasteiger partial charge in [-0.25, -0.2) is 0 Å². The number of rotatable bonds is 5. The molecule has 1 aliphatic rings. The quantitative estimate of drug-likeness (QED) is 0.552. The number of aromatic amines is 1. The number of aromatic nitrogens is 1. The number of carbonyl (C=O) groups excluding carboxylic acids is 1. The van der Waals surface area contributed by atoms with Crippen LogP contribution in [-0.2, 0) is 0 Å². The van der Waals surface area contributed by atoms with E-state index < -0.39 is 0 Å². The van der Waals surface area contributed by atoms with Crippen molar-refractivity contribution in [2.24, 2.45) is 5.41 Å². The second-order valence-corrected chi connectivity index (χ2v) is 10.1. The van der Waals surface area contributed by atoms with Gasteiger partial charge in [-0.3, -0.25) is 9.69 Å². The first-order valence-electron chi connectivity index (χ1n) is 11.3. The van der Waals surface area contributed by atoms with Gasteiger partial charge in [0.15, 0.2) is 0 Å². The molecule has 2 heterocycles. The van der Waals surface area contributed by atoms with E-state index in [4.69, 9.17) is 0 Å². The predicted molar refractivity (Wildman–Crippen MR) is 136 cm³/mol. The lowest BCUT2D eigenvalue weighted by Crippen LogP contribution is -2.35. The van der Waals surface area contributed by atoms with E-state index in [1.807, 2.05) is 55.4 Å². The molecule has 1 amide bonds. The fraction of sp³-hybridized carbons (Fsp3) is 0.370. The van der Waals surface area contributed by atoms with Gasteiger partial charge in [0.05, 0.1) is 5.56 Å². The molecule has 0 bridgehead atoms. The van der Waals surface area contributed by atoms with Gasteiger partial charge in [-0.15, -0.1) is 0 Å². The number of nitrogens with zero attached hydrogens (tertiary/aromatic N) is 2. The monoisotopic (exact) mass is 430 g/mol. The molecule has 168 valence electrons. The maximum Gasteiger partial charge on any atom is 0.257 e. The summed E-state index contributed by atoms with van der Waals surface area (Å²) in [5.74, 6) is -0.0968. The second kappa shape index (κ2) is 8.83. The summed E-state index contributed by atoms with van der Waals surface area (Å²) in [6.07, 6.45) is 5.50. The van der Waals surface area contributed by atoms with Crippen LogP contribution in [0.25, 0.3) is 16.5 Å². The molecule has 32 heavy (non-hydrogen) atoms. The van der Waals surface area contributed by atoms with E-state index in [1.165, 1.54) is 11.1 Å². The molecule has 5 nitrogen and oxygen atoms in total. The van der Waals surface area contributed by atoms with Crippen LogP contribution in [0.1, 0.15) is 43.1 Å². The van der Waals surface area contributed by atoms with Crippen molar-refractivity contribution in [2.75, 3.05) is 43.9 Å². The largest absolute Gasteiger partial charge is 0.377 e. The molecule has 0 atom stereocenters. The van der Waals surface area contributed by atoms with Crippen molar-refractivity contribution in [2.45, 2.75) is 27.2 Å². The van der Waals surface area contributed by atoms with Crippen LogP contribution >= 0.6 is 0 Å². The fourth-order valence-corrected chi connectivity index (χ4v) is 4.49. The molecule has 2 aromatic carbocycles. The summed E-state index contributed by atoms with van der Waals surface area (Å²) in [6, 6.07) is 13.8. The van der Waals surface area contributed by atoms with E-state index in [2.05, 4.69) is 54.3 Å². The van der Waals surface area contributed by atoms with Crippen LogP contribution in [0.15, 0.2) is 54.7 Å². The number of H-pyrrole nitrogens is 1. The van der Waals surface area contributed by atoms with E-state index >= 15 is 0 Å². The van der Waals surface area contributed by atoms with Crippen molar-refractivity contribution in [3.05, 3.63) is 65.9 Å². The number of carbonyl (C=O) groups is 1. The molecule has 0 saturated heterocycles. The van der Waals surface area contributed by atoms with Gasteiger partial charge < -0.3 is 15.2 Å². The van der Waals surface area contributed by atoms with Crippen molar-refractivity contribution >= 4 is 33.8 Å². The Morgan fingerprint density at radius 3 is 2.62 bits per heavy atom. The molecule has 0 saturated carbocycles. The summed E-state index contributed by atoms with van der Waals surface area (Å²) in [4.78, 5) is 20.9.